The van der Waals surface area contributed by atoms with Crippen molar-refractivity contribution in [1.82, 2.24) is 10.6 Å². The Kier molecular flexibility index (Phi) is 5.77. The van der Waals surface area contributed by atoms with Gasteiger partial charge in [0, 0.05) is 19.0 Å². The minimum atomic E-state index is 0.100. The van der Waals surface area contributed by atoms with E-state index >= 15 is 0 Å². The molecule has 1 aromatic heterocycles. The first-order valence-electron chi connectivity index (χ1n) is 6.16. The number of rotatable bonds is 7. The maximum Gasteiger partial charge on any atom is 0.221 e. The van der Waals surface area contributed by atoms with Gasteiger partial charge in [-0.25, -0.2) is 0 Å². The molecule has 0 radical (unpaired) electrons. The maximum atomic E-state index is 11.5. The van der Waals surface area contributed by atoms with Crippen molar-refractivity contribution in [2.45, 2.75) is 46.2 Å². The van der Waals surface area contributed by atoms with Crippen molar-refractivity contribution in [3.8, 4) is 0 Å². The van der Waals surface area contributed by atoms with Crippen LogP contribution in [-0.2, 0) is 11.3 Å². The number of amides is 1. The Morgan fingerprint density at radius 2 is 2.29 bits per heavy atom. The highest BCUT2D eigenvalue weighted by molar-refractivity contribution is 5.76. The summed E-state index contributed by atoms with van der Waals surface area (Å²) in [6.07, 6.45) is 3.15. The summed E-state index contributed by atoms with van der Waals surface area (Å²) < 4.78 is 5.29. The zero-order valence-corrected chi connectivity index (χ0v) is 10.9. The molecule has 1 heterocycles. The fraction of sp³-hybridized carbons (Fsp3) is 0.615. The van der Waals surface area contributed by atoms with Crippen LogP contribution in [0.25, 0.3) is 0 Å². The van der Waals surface area contributed by atoms with Crippen LogP contribution in [0, 0.1) is 6.92 Å². The van der Waals surface area contributed by atoms with E-state index in [1.165, 1.54) is 0 Å². The number of hydrogen-bond acceptors (Lipinski definition) is 3. The molecule has 2 N–H and O–H groups in total. The molecule has 96 valence electrons. The second-order valence-electron chi connectivity index (χ2n) is 4.33. The molecule has 0 aliphatic carbocycles. The molecule has 4 heteroatoms. The molecule has 0 bridgehead atoms. The fourth-order valence-electron chi connectivity index (χ4n) is 1.44. The topological polar surface area (TPSA) is 54.3 Å². The van der Waals surface area contributed by atoms with E-state index in [2.05, 4.69) is 17.6 Å². The SMILES string of the molecule is CCC(C)NC(=O)CCNCc1occc1C. The zero-order chi connectivity index (χ0) is 12.7. The smallest absolute Gasteiger partial charge is 0.221 e. The summed E-state index contributed by atoms with van der Waals surface area (Å²) >= 11 is 0. The Bertz CT molecular complexity index is 347. The van der Waals surface area contributed by atoms with Gasteiger partial charge in [0.1, 0.15) is 5.76 Å². The van der Waals surface area contributed by atoms with Gasteiger partial charge >= 0.3 is 0 Å². The van der Waals surface area contributed by atoms with Gasteiger partial charge in [-0.2, -0.15) is 0 Å². The van der Waals surface area contributed by atoms with Crippen LogP contribution in [0.4, 0.5) is 0 Å². The molecule has 0 saturated heterocycles. The lowest BCUT2D eigenvalue weighted by Crippen LogP contribution is -2.33. The predicted octanol–water partition coefficient (Wildman–Crippen LogP) is 1.98. The van der Waals surface area contributed by atoms with Crippen LogP contribution in [-0.4, -0.2) is 18.5 Å². The third kappa shape index (κ3) is 5.04. The molecule has 0 fully saturated rings. The zero-order valence-electron chi connectivity index (χ0n) is 10.9. The van der Waals surface area contributed by atoms with E-state index in [4.69, 9.17) is 4.42 Å². The van der Waals surface area contributed by atoms with Crippen molar-refractivity contribution >= 4 is 5.91 Å². The fourth-order valence-corrected chi connectivity index (χ4v) is 1.44. The van der Waals surface area contributed by atoms with Crippen LogP contribution < -0.4 is 10.6 Å². The van der Waals surface area contributed by atoms with Gasteiger partial charge in [0.25, 0.3) is 0 Å². The molecule has 1 atom stereocenters. The summed E-state index contributed by atoms with van der Waals surface area (Å²) in [4.78, 5) is 11.5. The van der Waals surface area contributed by atoms with Crippen LogP contribution in [0.3, 0.4) is 0 Å². The lowest BCUT2D eigenvalue weighted by Gasteiger charge is -2.11. The Morgan fingerprint density at radius 3 is 2.88 bits per heavy atom. The number of furan rings is 1. The average molecular weight is 238 g/mol. The van der Waals surface area contributed by atoms with Crippen molar-refractivity contribution < 1.29 is 9.21 Å². The monoisotopic (exact) mass is 238 g/mol. The third-order valence-electron chi connectivity index (χ3n) is 2.80. The van der Waals surface area contributed by atoms with E-state index in [0.717, 1.165) is 17.7 Å². The van der Waals surface area contributed by atoms with Gasteiger partial charge in [-0.05, 0) is 31.9 Å². The molecule has 4 nitrogen and oxygen atoms in total. The predicted molar refractivity (Wildman–Crippen MR) is 67.7 cm³/mol. The van der Waals surface area contributed by atoms with Gasteiger partial charge in [-0.1, -0.05) is 6.92 Å². The summed E-state index contributed by atoms with van der Waals surface area (Å²) in [5, 5.41) is 6.13. The molecule has 0 aliphatic rings. The third-order valence-corrected chi connectivity index (χ3v) is 2.80. The Labute approximate surface area is 103 Å². The average Bonchev–Trinajstić information content (AvgIpc) is 2.70. The minimum absolute atomic E-state index is 0.100. The molecule has 0 saturated carbocycles. The quantitative estimate of drug-likeness (QED) is 0.714. The van der Waals surface area contributed by atoms with Crippen molar-refractivity contribution in [2.24, 2.45) is 0 Å². The van der Waals surface area contributed by atoms with Crippen LogP contribution in [0.5, 0.6) is 0 Å². The van der Waals surface area contributed by atoms with Gasteiger partial charge in [0.15, 0.2) is 0 Å². The molecule has 1 amide bonds. The number of carbonyl (C=O) groups is 1. The van der Waals surface area contributed by atoms with Crippen LogP contribution in [0.2, 0.25) is 0 Å². The van der Waals surface area contributed by atoms with Gasteiger partial charge in [0.2, 0.25) is 5.91 Å². The first-order chi connectivity index (χ1) is 8.13. The van der Waals surface area contributed by atoms with Crippen molar-refractivity contribution in [2.75, 3.05) is 6.54 Å². The van der Waals surface area contributed by atoms with Gasteiger partial charge in [0.05, 0.1) is 12.8 Å². The number of nitrogens with one attached hydrogen (secondary N) is 2. The Morgan fingerprint density at radius 1 is 1.53 bits per heavy atom. The van der Waals surface area contributed by atoms with Crippen molar-refractivity contribution in [1.29, 1.82) is 0 Å². The molecule has 1 rings (SSSR count). The highest BCUT2D eigenvalue weighted by Gasteiger charge is 2.05. The van der Waals surface area contributed by atoms with E-state index in [0.29, 0.717) is 19.5 Å². The molecular weight excluding hydrogens is 216 g/mol. The number of hydrogen-bond donors (Lipinski definition) is 2. The maximum absolute atomic E-state index is 11.5. The molecule has 1 aromatic rings. The lowest BCUT2D eigenvalue weighted by atomic mass is 10.2. The second-order valence-corrected chi connectivity index (χ2v) is 4.33. The van der Waals surface area contributed by atoms with Crippen molar-refractivity contribution in [3.05, 3.63) is 23.7 Å². The highest BCUT2D eigenvalue weighted by atomic mass is 16.3. The molecule has 1 unspecified atom stereocenters. The molecule has 0 aromatic carbocycles. The van der Waals surface area contributed by atoms with Crippen molar-refractivity contribution in [3.63, 3.8) is 0 Å². The Hall–Kier alpha value is -1.29. The number of aryl methyl sites for hydroxylation is 1. The van der Waals surface area contributed by atoms with E-state index in [1.807, 2.05) is 19.9 Å². The summed E-state index contributed by atoms with van der Waals surface area (Å²) in [6.45, 7) is 7.43. The standard InChI is InChI=1S/C13H22N2O2/c1-4-11(3)15-13(16)5-7-14-9-12-10(2)6-8-17-12/h6,8,11,14H,4-5,7,9H2,1-3H3,(H,15,16). The molecular formula is C13H22N2O2. The van der Waals surface area contributed by atoms with Gasteiger partial charge in [-0.3, -0.25) is 4.79 Å². The van der Waals surface area contributed by atoms with E-state index in [9.17, 15) is 4.79 Å². The van der Waals surface area contributed by atoms with Crippen LogP contribution >= 0.6 is 0 Å². The lowest BCUT2D eigenvalue weighted by molar-refractivity contribution is -0.121. The molecule has 0 spiro atoms. The largest absolute Gasteiger partial charge is 0.468 e. The first kappa shape index (κ1) is 13.8. The van der Waals surface area contributed by atoms with E-state index in [-0.39, 0.29) is 11.9 Å². The molecule has 0 aliphatic heterocycles. The van der Waals surface area contributed by atoms with Crippen LogP contribution in [0.1, 0.15) is 38.0 Å². The van der Waals surface area contributed by atoms with Gasteiger partial charge in [-0.15, -0.1) is 0 Å². The minimum Gasteiger partial charge on any atom is -0.468 e. The summed E-state index contributed by atoms with van der Waals surface area (Å²) in [7, 11) is 0. The van der Waals surface area contributed by atoms with E-state index in [1.54, 1.807) is 6.26 Å². The highest BCUT2D eigenvalue weighted by Crippen LogP contribution is 2.07. The normalized spacial score (nSPS) is 12.4. The van der Waals surface area contributed by atoms with E-state index < -0.39 is 0 Å². The Balaban J connectivity index is 2.12. The summed E-state index contributed by atoms with van der Waals surface area (Å²) in [5.41, 5.74) is 1.14. The first-order valence-corrected chi connectivity index (χ1v) is 6.16. The second kappa shape index (κ2) is 7.12. The van der Waals surface area contributed by atoms with Gasteiger partial charge < -0.3 is 15.1 Å². The summed E-state index contributed by atoms with van der Waals surface area (Å²) in [5.74, 6) is 1.04. The summed E-state index contributed by atoms with van der Waals surface area (Å²) in [6, 6.07) is 2.20. The molecule has 17 heavy (non-hydrogen) atoms. The number of carbonyl (C=O) groups excluding carboxylic acids is 1. The van der Waals surface area contributed by atoms with Crippen LogP contribution in [0.15, 0.2) is 16.7 Å².